The zero-order valence-corrected chi connectivity index (χ0v) is 8.10. The third kappa shape index (κ3) is 2.55. The zero-order valence-electron chi connectivity index (χ0n) is 7.29. The van der Waals surface area contributed by atoms with E-state index in [9.17, 15) is 8.42 Å². The highest BCUT2D eigenvalue weighted by Gasteiger charge is 2.16. The third-order valence-electron chi connectivity index (χ3n) is 1.29. The summed E-state index contributed by atoms with van der Waals surface area (Å²) in [7, 11) is -2.10. The van der Waals surface area contributed by atoms with Crippen molar-refractivity contribution in [1.29, 1.82) is 5.26 Å². The Bertz CT molecular complexity index is 315. The Hall–Kier alpha value is -1.02. The van der Waals surface area contributed by atoms with Gasteiger partial charge in [-0.05, 0) is 0 Å². The van der Waals surface area contributed by atoms with Crippen molar-refractivity contribution in [3.8, 4) is 6.07 Å². The van der Waals surface area contributed by atoms with Gasteiger partial charge in [-0.3, -0.25) is 0 Å². The third-order valence-corrected chi connectivity index (χ3v) is 2.35. The molecule has 4 nitrogen and oxygen atoms in total. The summed E-state index contributed by atoms with van der Waals surface area (Å²) >= 11 is 0. The van der Waals surface area contributed by atoms with E-state index in [2.05, 4.69) is 0 Å². The van der Waals surface area contributed by atoms with Crippen molar-refractivity contribution < 1.29 is 13.2 Å². The van der Waals surface area contributed by atoms with Gasteiger partial charge in [-0.15, -0.1) is 0 Å². The first-order chi connectivity index (χ1) is 5.47. The van der Waals surface area contributed by atoms with Gasteiger partial charge in [0.05, 0.1) is 7.11 Å². The maximum atomic E-state index is 11.0. The molecule has 12 heavy (non-hydrogen) atoms. The number of sulfone groups is 1. The fraction of sp³-hybridized carbons (Fsp3) is 0.571. The van der Waals surface area contributed by atoms with Crippen LogP contribution in [0.15, 0.2) is 10.7 Å². The van der Waals surface area contributed by atoms with Crippen LogP contribution in [-0.4, -0.2) is 21.8 Å². The van der Waals surface area contributed by atoms with Crippen LogP contribution >= 0.6 is 0 Å². The largest absolute Gasteiger partial charge is 0.499 e. The highest BCUT2D eigenvalue weighted by molar-refractivity contribution is 7.94. The van der Waals surface area contributed by atoms with Crippen molar-refractivity contribution in [3.63, 3.8) is 0 Å². The molecule has 68 valence electrons. The molecule has 0 saturated carbocycles. The van der Waals surface area contributed by atoms with Gasteiger partial charge in [0.2, 0.25) is 0 Å². The summed E-state index contributed by atoms with van der Waals surface area (Å²) in [6, 6.07) is 1.61. The lowest BCUT2D eigenvalue weighted by Crippen LogP contribution is -2.04. The molecule has 0 N–H and O–H groups in total. The molecule has 0 atom stereocenters. The molecule has 0 saturated heterocycles. The molecule has 0 radical (unpaired) electrons. The smallest absolute Gasteiger partial charge is 0.188 e. The second-order valence-corrected chi connectivity index (χ2v) is 4.15. The zero-order chi connectivity index (χ0) is 9.78. The van der Waals surface area contributed by atoms with E-state index in [-0.39, 0.29) is 10.7 Å². The first-order valence-electron chi connectivity index (χ1n) is 3.34. The summed E-state index contributed by atoms with van der Waals surface area (Å²) in [4.78, 5) is -0.285. The molecule has 0 rings (SSSR count). The van der Waals surface area contributed by atoms with Crippen LogP contribution in [0, 0.1) is 11.3 Å². The molecule has 0 fully saturated rings. The summed E-state index contributed by atoms with van der Waals surface area (Å²) < 4.78 is 26.7. The van der Waals surface area contributed by atoms with E-state index in [0.717, 1.165) is 6.26 Å². The van der Waals surface area contributed by atoms with Gasteiger partial charge in [0.1, 0.15) is 11.8 Å². The number of hydrogen-bond donors (Lipinski definition) is 0. The van der Waals surface area contributed by atoms with Crippen LogP contribution in [0.3, 0.4) is 0 Å². The van der Waals surface area contributed by atoms with E-state index in [1.807, 2.05) is 0 Å². The number of hydrogen-bond acceptors (Lipinski definition) is 4. The van der Waals surface area contributed by atoms with Gasteiger partial charge < -0.3 is 4.74 Å². The summed E-state index contributed by atoms with van der Waals surface area (Å²) in [6.45, 7) is 1.72. The highest BCUT2D eigenvalue weighted by Crippen LogP contribution is 2.13. The van der Waals surface area contributed by atoms with E-state index >= 15 is 0 Å². The lowest BCUT2D eigenvalue weighted by Gasteiger charge is -2.04. The molecule has 0 aromatic rings. The first kappa shape index (κ1) is 11.0. The molecular formula is C7H11NO3S. The fourth-order valence-electron chi connectivity index (χ4n) is 0.750. The molecule has 0 aliphatic heterocycles. The van der Waals surface area contributed by atoms with E-state index in [0.29, 0.717) is 6.42 Å². The van der Waals surface area contributed by atoms with E-state index in [1.165, 1.54) is 7.11 Å². The Balaban J connectivity index is 5.31. The van der Waals surface area contributed by atoms with Crippen molar-refractivity contribution in [2.75, 3.05) is 13.4 Å². The number of allylic oxidation sites excluding steroid dienone is 2. The molecule has 5 heteroatoms. The molecule has 0 heterocycles. The molecule has 0 aromatic heterocycles. The normalized spacial score (nSPS) is 13.2. The predicted octanol–water partition coefficient (Wildman–Crippen LogP) is 0.823. The Morgan fingerprint density at radius 2 is 2.08 bits per heavy atom. The first-order valence-corrected chi connectivity index (χ1v) is 5.23. The van der Waals surface area contributed by atoms with Gasteiger partial charge in [-0.1, -0.05) is 6.92 Å². The quantitative estimate of drug-likeness (QED) is 0.487. The van der Waals surface area contributed by atoms with Crippen molar-refractivity contribution in [2.24, 2.45) is 0 Å². The number of rotatable bonds is 3. The lowest BCUT2D eigenvalue weighted by atomic mass is 10.4. The predicted molar refractivity (Wildman–Crippen MR) is 44.8 cm³/mol. The van der Waals surface area contributed by atoms with E-state index in [4.69, 9.17) is 10.00 Å². The number of ether oxygens (including phenoxy) is 1. The van der Waals surface area contributed by atoms with E-state index < -0.39 is 9.84 Å². The average Bonchev–Trinajstić information content (AvgIpc) is 1.97. The highest BCUT2D eigenvalue weighted by atomic mass is 32.2. The molecule has 0 spiro atoms. The minimum Gasteiger partial charge on any atom is -0.499 e. The Morgan fingerprint density at radius 1 is 1.58 bits per heavy atom. The summed E-state index contributed by atoms with van der Waals surface area (Å²) in [5.41, 5.74) is 0. The van der Waals surface area contributed by atoms with Crippen molar-refractivity contribution >= 4 is 9.84 Å². The minimum atomic E-state index is -3.44. The van der Waals surface area contributed by atoms with Gasteiger partial charge in [-0.2, -0.15) is 5.26 Å². The van der Waals surface area contributed by atoms with Gasteiger partial charge in [0, 0.05) is 12.7 Å². The molecule has 0 bridgehead atoms. The van der Waals surface area contributed by atoms with Crippen LogP contribution in [0.4, 0.5) is 0 Å². The van der Waals surface area contributed by atoms with Crippen LogP contribution in [0.1, 0.15) is 13.3 Å². The second kappa shape index (κ2) is 4.12. The van der Waals surface area contributed by atoms with Crippen LogP contribution in [0.5, 0.6) is 0 Å². The van der Waals surface area contributed by atoms with Crippen LogP contribution in [0.25, 0.3) is 0 Å². The Morgan fingerprint density at radius 3 is 2.17 bits per heavy atom. The Labute approximate surface area is 72.4 Å². The number of nitriles is 1. The maximum Gasteiger partial charge on any atom is 0.188 e. The van der Waals surface area contributed by atoms with Crippen molar-refractivity contribution in [2.45, 2.75) is 13.3 Å². The van der Waals surface area contributed by atoms with Crippen LogP contribution in [0.2, 0.25) is 0 Å². The molecule has 0 aliphatic carbocycles. The average molecular weight is 189 g/mol. The lowest BCUT2D eigenvalue weighted by molar-refractivity contribution is 0.279. The van der Waals surface area contributed by atoms with Gasteiger partial charge in [-0.25, -0.2) is 8.42 Å². The van der Waals surface area contributed by atoms with Gasteiger partial charge in [0.25, 0.3) is 0 Å². The standard InChI is InChI=1S/C7H11NO3S/c1-4-6(11-2)7(5-8)12(3,9)10/h4H2,1-3H3/b7-6+. The van der Waals surface area contributed by atoms with Crippen LogP contribution in [-0.2, 0) is 14.6 Å². The monoisotopic (exact) mass is 189 g/mol. The molecular weight excluding hydrogens is 178 g/mol. The number of methoxy groups -OCH3 is 1. The van der Waals surface area contributed by atoms with Crippen LogP contribution < -0.4 is 0 Å². The topological polar surface area (TPSA) is 67.2 Å². The van der Waals surface area contributed by atoms with Crippen molar-refractivity contribution in [3.05, 3.63) is 10.7 Å². The SMILES string of the molecule is CC/C(OC)=C(/C#N)S(C)(=O)=O. The molecule has 0 aromatic carbocycles. The molecule has 0 amide bonds. The second-order valence-electron chi connectivity index (χ2n) is 2.19. The van der Waals surface area contributed by atoms with Crippen molar-refractivity contribution in [1.82, 2.24) is 0 Å². The number of nitrogens with zero attached hydrogens (tertiary/aromatic N) is 1. The Kier molecular flexibility index (Phi) is 3.77. The summed E-state index contributed by atoms with van der Waals surface area (Å²) in [5, 5.41) is 8.53. The molecule has 0 unspecified atom stereocenters. The van der Waals surface area contributed by atoms with Gasteiger partial charge >= 0.3 is 0 Å². The van der Waals surface area contributed by atoms with E-state index in [1.54, 1.807) is 13.0 Å². The minimum absolute atomic E-state index is 0.208. The summed E-state index contributed by atoms with van der Waals surface area (Å²) in [5.74, 6) is 0.208. The summed E-state index contributed by atoms with van der Waals surface area (Å²) in [6.07, 6.45) is 1.38. The fourth-order valence-corrected chi connectivity index (χ4v) is 1.56. The molecule has 0 aliphatic rings. The maximum absolute atomic E-state index is 11.0. The van der Waals surface area contributed by atoms with Gasteiger partial charge in [0.15, 0.2) is 14.7 Å².